The van der Waals surface area contributed by atoms with Gasteiger partial charge in [0.15, 0.2) is 18.1 Å². The SMILES string of the molecule is COc1cc(NC(C)=O)c(C(=O)OCC(=O)NCCc2cccs2)cc1OC. The van der Waals surface area contributed by atoms with Crippen molar-refractivity contribution in [1.29, 1.82) is 0 Å². The number of hydrogen-bond donors (Lipinski definition) is 2. The number of methoxy groups -OCH3 is 2. The molecule has 0 bridgehead atoms. The molecule has 2 N–H and O–H groups in total. The van der Waals surface area contributed by atoms with Gasteiger partial charge in [0.05, 0.1) is 25.5 Å². The number of hydrogen-bond acceptors (Lipinski definition) is 7. The monoisotopic (exact) mass is 406 g/mol. The van der Waals surface area contributed by atoms with E-state index in [-0.39, 0.29) is 17.2 Å². The fraction of sp³-hybridized carbons (Fsp3) is 0.316. The van der Waals surface area contributed by atoms with E-state index >= 15 is 0 Å². The lowest BCUT2D eigenvalue weighted by atomic mass is 10.1. The quantitative estimate of drug-likeness (QED) is 0.619. The maximum Gasteiger partial charge on any atom is 0.340 e. The first-order chi connectivity index (χ1) is 13.4. The van der Waals surface area contributed by atoms with Gasteiger partial charge in [-0.15, -0.1) is 11.3 Å². The second kappa shape index (κ2) is 10.3. The van der Waals surface area contributed by atoms with Crippen molar-refractivity contribution >= 4 is 34.8 Å². The summed E-state index contributed by atoms with van der Waals surface area (Å²) in [6.45, 7) is 1.33. The van der Waals surface area contributed by atoms with E-state index in [1.54, 1.807) is 11.3 Å². The molecule has 0 atom stereocenters. The van der Waals surface area contributed by atoms with Gasteiger partial charge in [-0.1, -0.05) is 6.07 Å². The Morgan fingerprint density at radius 2 is 1.82 bits per heavy atom. The Morgan fingerprint density at radius 1 is 1.11 bits per heavy atom. The summed E-state index contributed by atoms with van der Waals surface area (Å²) in [7, 11) is 2.86. The van der Waals surface area contributed by atoms with Crippen LogP contribution in [0.2, 0.25) is 0 Å². The summed E-state index contributed by atoms with van der Waals surface area (Å²) in [5.41, 5.74) is 0.257. The van der Waals surface area contributed by atoms with E-state index in [0.717, 1.165) is 4.88 Å². The first kappa shape index (κ1) is 21.2. The van der Waals surface area contributed by atoms with Crippen molar-refractivity contribution < 1.29 is 28.6 Å². The van der Waals surface area contributed by atoms with Crippen molar-refractivity contribution in [1.82, 2.24) is 5.32 Å². The van der Waals surface area contributed by atoms with Crippen LogP contribution in [0, 0.1) is 0 Å². The van der Waals surface area contributed by atoms with Crippen molar-refractivity contribution in [3.05, 3.63) is 40.1 Å². The fourth-order valence-electron chi connectivity index (χ4n) is 2.38. The van der Waals surface area contributed by atoms with Gasteiger partial charge in [-0.3, -0.25) is 9.59 Å². The van der Waals surface area contributed by atoms with Crippen molar-refractivity contribution in [3.63, 3.8) is 0 Å². The molecule has 0 saturated carbocycles. The maximum absolute atomic E-state index is 12.4. The summed E-state index contributed by atoms with van der Waals surface area (Å²) in [5.74, 6) is -0.907. The summed E-state index contributed by atoms with van der Waals surface area (Å²) < 4.78 is 15.4. The Labute approximate surface area is 166 Å². The minimum atomic E-state index is -0.766. The van der Waals surface area contributed by atoms with Gasteiger partial charge in [-0.25, -0.2) is 4.79 Å². The normalized spacial score (nSPS) is 10.1. The third-order valence-corrected chi connectivity index (χ3v) is 4.60. The summed E-state index contributed by atoms with van der Waals surface area (Å²) in [5, 5.41) is 7.20. The van der Waals surface area contributed by atoms with Crippen LogP contribution in [0.1, 0.15) is 22.2 Å². The molecule has 150 valence electrons. The van der Waals surface area contributed by atoms with Gasteiger partial charge in [0.1, 0.15) is 0 Å². The van der Waals surface area contributed by atoms with Crippen molar-refractivity contribution in [3.8, 4) is 11.5 Å². The van der Waals surface area contributed by atoms with E-state index in [9.17, 15) is 14.4 Å². The molecule has 0 fully saturated rings. The Bertz CT molecular complexity index is 835. The fourth-order valence-corrected chi connectivity index (χ4v) is 3.09. The highest BCUT2D eigenvalue weighted by Gasteiger charge is 2.20. The second-order valence-corrected chi connectivity index (χ2v) is 6.72. The van der Waals surface area contributed by atoms with Crippen LogP contribution in [0.5, 0.6) is 11.5 Å². The molecule has 28 heavy (non-hydrogen) atoms. The number of thiophene rings is 1. The molecular weight excluding hydrogens is 384 g/mol. The average Bonchev–Trinajstić information content (AvgIpc) is 3.18. The van der Waals surface area contributed by atoms with E-state index in [2.05, 4.69) is 10.6 Å². The number of carbonyl (C=O) groups excluding carboxylic acids is 3. The predicted octanol–water partition coefficient (Wildman–Crippen LogP) is 2.24. The first-order valence-electron chi connectivity index (χ1n) is 8.44. The van der Waals surface area contributed by atoms with Gasteiger partial charge >= 0.3 is 5.97 Å². The van der Waals surface area contributed by atoms with Crippen LogP contribution < -0.4 is 20.1 Å². The van der Waals surface area contributed by atoms with E-state index < -0.39 is 18.5 Å². The molecule has 2 amide bonds. The third kappa shape index (κ3) is 5.98. The van der Waals surface area contributed by atoms with Gasteiger partial charge in [0.2, 0.25) is 5.91 Å². The molecule has 0 aliphatic heterocycles. The van der Waals surface area contributed by atoms with Gasteiger partial charge in [-0.2, -0.15) is 0 Å². The lowest BCUT2D eigenvalue weighted by Gasteiger charge is -2.14. The minimum Gasteiger partial charge on any atom is -0.493 e. The Balaban J connectivity index is 1.99. The van der Waals surface area contributed by atoms with Crippen LogP contribution >= 0.6 is 11.3 Å². The van der Waals surface area contributed by atoms with Gasteiger partial charge in [0.25, 0.3) is 5.91 Å². The molecule has 1 aromatic carbocycles. The lowest BCUT2D eigenvalue weighted by Crippen LogP contribution is -2.30. The molecular formula is C19H22N2O6S. The second-order valence-electron chi connectivity index (χ2n) is 5.69. The molecule has 9 heteroatoms. The van der Waals surface area contributed by atoms with Crippen LogP contribution in [0.15, 0.2) is 29.6 Å². The van der Waals surface area contributed by atoms with E-state index in [0.29, 0.717) is 24.5 Å². The zero-order valence-corrected chi connectivity index (χ0v) is 16.7. The Hall–Kier alpha value is -3.07. The van der Waals surface area contributed by atoms with Crippen LogP contribution in [0.4, 0.5) is 5.69 Å². The number of anilines is 1. The van der Waals surface area contributed by atoms with E-state index in [4.69, 9.17) is 14.2 Å². The standard InChI is InChI=1S/C19H22N2O6S/c1-12(22)21-15-10-17(26-3)16(25-2)9-14(15)19(24)27-11-18(23)20-7-6-13-5-4-8-28-13/h4-5,8-10H,6-7,11H2,1-3H3,(H,20,23)(H,21,22). The van der Waals surface area contributed by atoms with Crippen molar-refractivity contribution in [2.24, 2.45) is 0 Å². The third-order valence-electron chi connectivity index (χ3n) is 3.66. The van der Waals surface area contributed by atoms with Crippen LogP contribution in [0.25, 0.3) is 0 Å². The highest BCUT2D eigenvalue weighted by atomic mass is 32.1. The van der Waals surface area contributed by atoms with Gasteiger partial charge < -0.3 is 24.8 Å². The molecule has 0 radical (unpaired) electrons. The number of ether oxygens (including phenoxy) is 3. The largest absolute Gasteiger partial charge is 0.493 e. The molecule has 0 aliphatic carbocycles. The highest BCUT2D eigenvalue weighted by molar-refractivity contribution is 7.09. The minimum absolute atomic E-state index is 0.0548. The topological polar surface area (TPSA) is 103 Å². The lowest BCUT2D eigenvalue weighted by molar-refractivity contribution is -0.124. The number of carbonyl (C=O) groups is 3. The summed E-state index contributed by atoms with van der Waals surface area (Å²) in [6.07, 6.45) is 0.708. The molecule has 2 rings (SSSR count). The Kier molecular flexibility index (Phi) is 7.82. The smallest absolute Gasteiger partial charge is 0.340 e. The summed E-state index contributed by atoms with van der Waals surface area (Å²) in [6, 6.07) is 6.77. The van der Waals surface area contributed by atoms with Gasteiger partial charge in [-0.05, 0) is 17.9 Å². The van der Waals surface area contributed by atoms with E-state index in [1.807, 2.05) is 17.5 Å². The van der Waals surface area contributed by atoms with Crippen LogP contribution in [-0.4, -0.2) is 45.2 Å². The number of rotatable bonds is 9. The molecule has 8 nitrogen and oxygen atoms in total. The number of amides is 2. The molecule has 0 spiro atoms. The predicted molar refractivity (Wildman–Crippen MR) is 105 cm³/mol. The molecule has 1 heterocycles. The molecule has 0 saturated heterocycles. The molecule has 1 aromatic heterocycles. The number of esters is 1. The zero-order valence-electron chi connectivity index (χ0n) is 15.9. The number of benzene rings is 1. The molecule has 0 aliphatic rings. The van der Waals surface area contributed by atoms with Gasteiger partial charge in [0, 0.05) is 30.5 Å². The first-order valence-corrected chi connectivity index (χ1v) is 9.32. The summed E-state index contributed by atoms with van der Waals surface area (Å²) >= 11 is 1.61. The highest BCUT2D eigenvalue weighted by Crippen LogP contribution is 2.33. The van der Waals surface area contributed by atoms with E-state index in [1.165, 1.54) is 33.3 Å². The number of nitrogens with one attached hydrogen (secondary N) is 2. The Morgan fingerprint density at radius 3 is 2.43 bits per heavy atom. The summed E-state index contributed by atoms with van der Waals surface area (Å²) in [4.78, 5) is 36.9. The van der Waals surface area contributed by atoms with Crippen molar-refractivity contribution in [2.75, 3.05) is 32.7 Å². The van der Waals surface area contributed by atoms with Crippen LogP contribution in [0.3, 0.4) is 0 Å². The maximum atomic E-state index is 12.4. The average molecular weight is 406 g/mol. The van der Waals surface area contributed by atoms with Crippen molar-refractivity contribution in [2.45, 2.75) is 13.3 Å². The zero-order chi connectivity index (χ0) is 20.5. The van der Waals surface area contributed by atoms with Crippen LogP contribution in [-0.2, 0) is 20.7 Å². The molecule has 0 unspecified atom stereocenters. The molecule has 2 aromatic rings.